The number of ether oxygens (including phenoxy) is 1. The van der Waals surface area contributed by atoms with Gasteiger partial charge in [-0.3, -0.25) is 4.79 Å². The Labute approximate surface area is 170 Å². The van der Waals surface area contributed by atoms with Gasteiger partial charge in [0.05, 0.1) is 16.8 Å². The Balaban J connectivity index is 1.84. The minimum Gasteiger partial charge on any atom is -0.492 e. The first-order valence-corrected chi connectivity index (χ1v) is 9.90. The third-order valence-corrected chi connectivity index (χ3v) is 6.00. The molecule has 2 aromatic rings. The Morgan fingerprint density at radius 2 is 1.92 bits per heavy atom. The quantitative estimate of drug-likeness (QED) is 0.465. The van der Waals surface area contributed by atoms with Gasteiger partial charge in [0.1, 0.15) is 5.75 Å². The molecule has 1 N–H and O–H groups in total. The number of nitrogens with one attached hydrogen (secondary N) is 1. The predicted molar refractivity (Wildman–Crippen MR) is 111 cm³/mol. The molecule has 3 nitrogen and oxygen atoms in total. The van der Waals surface area contributed by atoms with Crippen molar-refractivity contribution >= 4 is 55.1 Å². The first-order chi connectivity index (χ1) is 11.8. The molecule has 0 fully saturated rings. The number of carbonyl (C=O) groups excluding carboxylic acids is 1. The molecular weight excluding hydrogens is 469 g/mol. The highest BCUT2D eigenvalue weighted by Gasteiger charge is 2.11. The Bertz CT molecular complexity index is 793. The van der Waals surface area contributed by atoms with Crippen LogP contribution in [0.5, 0.6) is 5.75 Å². The molecule has 0 heterocycles. The number of carbonyl (C=O) groups is 1. The third-order valence-electron chi connectivity index (χ3n) is 3.77. The van der Waals surface area contributed by atoms with Crippen molar-refractivity contribution in [2.75, 3.05) is 11.9 Å². The van der Waals surface area contributed by atoms with Crippen molar-refractivity contribution in [3.05, 3.63) is 54.9 Å². The summed E-state index contributed by atoms with van der Waals surface area (Å²) < 4.78 is 7.54. The maximum Gasteiger partial charge on any atom is 0.224 e. The highest BCUT2D eigenvalue weighted by Crippen LogP contribution is 2.35. The molecule has 0 bridgehead atoms. The summed E-state index contributed by atoms with van der Waals surface area (Å²) in [5, 5.41) is 3.64. The van der Waals surface area contributed by atoms with Crippen LogP contribution in [0.25, 0.3) is 0 Å². The van der Waals surface area contributed by atoms with Crippen LogP contribution in [0, 0.1) is 20.8 Å². The molecule has 0 spiro atoms. The Kier molecular flexibility index (Phi) is 7.35. The van der Waals surface area contributed by atoms with Gasteiger partial charge >= 0.3 is 0 Å². The van der Waals surface area contributed by atoms with Crippen molar-refractivity contribution in [3.8, 4) is 5.75 Å². The lowest BCUT2D eigenvalue weighted by Gasteiger charge is -2.13. The average Bonchev–Trinajstić information content (AvgIpc) is 2.56. The molecule has 0 saturated heterocycles. The number of rotatable bonds is 6. The average molecular weight is 490 g/mol. The van der Waals surface area contributed by atoms with E-state index in [0.29, 0.717) is 19.4 Å². The molecule has 0 aliphatic rings. The summed E-state index contributed by atoms with van der Waals surface area (Å²) >= 11 is 13.2. The van der Waals surface area contributed by atoms with E-state index in [1.165, 1.54) is 0 Å². The minimum absolute atomic E-state index is 0.0318. The normalized spacial score (nSPS) is 10.6. The minimum atomic E-state index is -0.0318. The van der Waals surface area contributed by atoms with Crippen LogP contribution < -0.4 is 10.1 Å². The molecule has 0 radical (unpaired) electrons. The SMILES string of the molecule is Cc1ccc(NC(=O)CCCOc2cc(C)c(Cl)c(C)c2Br)c(Br)c1. The van der Waals surface area contributed by atoms with Crippen molar-refractivity contribution < 1.29 is 9.53 Å². The molecule has 0 aliphatic carbocycles. The monoisotopic (exact) mass is 487 g/mol. The van der Waals surface area contributed by atoms with Gasteiger partial charge in [0.25, 0.3) is 0 Å². The molecule has 2 aromatic carbocycles. The van der Waals surface area contributed by atoms with Gasteiger partial charge in [-0.25, -0.2) is 0 Å². The van der Waals surface area contributed by atoms with Crippen molar-refractivity contribution in [1.82, 2.24) is 0 Å². The third kappa shape index (κ3) is 5.47. The second kappa shape index (κ2) is 9.06. The zero-order valence-electron chi connectivity index (χ0n) is 14.4. The first-order valence-electron chi connectivity index (χ1n) is 7.93. The number of hydrogen-bond acceptors (Lipinski definition) is 2. The maximum atomic E-state index is 12.1. The largest absolute Gasteiger partial charge is 0.492 e. The van der Waals surface area contributed by atoms with Gasteiger partial charge in [0.2, 0.25) is 5.91 Å². The van der Waals surface area contributed by atoms with E-state index in [-0.39, 0.29) is 5.91 Å². The molecule has 0 saturated carbocycles. The number of amides is 1. The standard InChI is InChI=1S/C19H20Br2ClNO2/c1-11-6-7-15(14(20)9-11)23-17(24)5-4-8-25-16-10-12(2)19(22)13(3)18(16)21/h6-7,9-10H,4-5,8H2,1-3H3,(H,23,24). The molecule has 0 unspecified atom stereocenters. The summed E-state index contributed by atoms with van der Waals surface area (Å²) in [4.78, 5) is 12.1. The van der Waals surface area contributed by atoms with Crippen LogP contribution in [0.2, 0.25) is 5.02 Å². The molecule has 0 aromatic heterocycles. The van der Waals surface area contributed by atoms with Gasteiger partial charge in [-0.15, -0.1) is 0 Å². The number of benzene rings is 2. The topological polar surface area (TPSA) is 38.3 Å². The fourth-order valence-electron chi connectivity index (χ4n) is 2.35. The highest BCUT2D eigenvalue weighted by atomic mass is 79.9. The van der Waals surface area contributed by atoms with Crippen LogP contribution in [0.1, 0.15) is 29.5 Å². The molecule has 0 aliphatic heterocycles. The zero-order chi connectivity index (χ0) is 18.6. The second-order valence-corrected chi connectivity index (χ2v) is 7.95. The lowest BCUT2D eigenvalue weighted by atomic mass is 10.1. The molecule has 25 heavy (non-hydrogen) atoms. The van der Waals surface area contributed by atoms with Gasteiger partial charge in [-0.05, 0) is 93.9 Å². The van der Waals surface area contributed by atoms with Crippen LogP contribution in [0.15, 0.2) is 33.2 Å². The van der Waals surface area contributed by atoms with Crippen molar-refractivity contribution in [2.45, 2.75) is 33.6 Å². The number of aryl methyl sites for hydroxylation is 2. The van der Waals surface area contributed by atoms with Gasteiger partial charge in [-0.1, -0.05) is 17.7 Å². The Morgan fingerprint density at radius 1 is 1.20 bits per heavy atom. The summed E-state index contributed by atoms with van der Waals surface area (Å²) in [6, 6.07) is 7.74. The van der Waals surface area contributed by atoms with Gasteiger partial charge in [0.15, 0.2) is 0 Å². The number of halogens is 3. The number of hydrogen-bond donors (Lipinski definition) is 1. The first kappa shape index (κ1) is 20.3. The summed E-state index contributed by atoms with van der Waals surface area (Å²) in [5.41, 5.74) is 3.85. The van der Waals surface area contributed by atoms with Crippen molar-refractivity contribution in [1.29, 1.82) is 0 Å². The summed E-state index contributed by atoms with van der Waals surface area (Å²) in [5.74, 6) is 0.719. The lowest BCUT2D eigenvalue weighted by Crippen LogP contribution is -2.13. The van der Waals surface area contributed by atoms with Gasteiger partial charge in [0, 0.05) is 15.9 Å². The van der Waals surface area contributed by atoms with E-state index < -0.39 is 0 Å². The maximum absolute atomic E-state index is 12.1. The van der Waals surface area contributed by atoms with E-state index in [2.05, 4.69) is 37.2 Å². The van der Waals surface area contributed by atoms with Crippen LogP contribution in [0.4, 0.5) is 5.69 Å². The molecule has 1 amide bonds. The van der Waals surface area contributed by atoms with Gasteiger partial charge < -0.3 is 10.1 Å². The lowest BCUT2D eigenvalue weighted by molar-refractivity contribution is -0.116. The van der Waals surface area contributed by atoms with Gasteiger partial charge in [-0.2, -0.15) is 0 Å². The van der Waals surface area contributed by atoms with Crippen LogP contribution in [-0.2, 0) is 4.79 Å². The van der Waals surface area contributed by atoms with Crippen LogP contribution in [-0.4, -0.2) is 12.5 Å². The van der Waals surface area contributed by atoms with Crippen LogP contribution >= 0.6 is 43.5 Å². The summed E-state index contributed by atoms with van der Waals surface area (Å²) in [7, 11) is 0. The fourth-order valence-corrected chi connectivity index (χ4v) is 3.64. The van der Waals surface area contributed by atoms with Crippen molar-refractivity contribution in [2.24, 2.45) is 0 Å². The molecule has 6 heteroatoms. The number of anilines is 1. The van der Waals surface area contributed by atoms with E-state index >= 15 is 0 Å². The smallest absolute Gasteiger partial charge is 0.224 e. The summed E-state index contributed by atoms with van der Waals surface area (Å²) in [6.45, 7) is 6.36. The van der Waals surface area contributed by atoms with Crippen LogP contribution in [0.3, 0.4) is 0 Å². The fraction of sp³-hybridized carbons (Fsp3) is 0.316. The molecule has 134 valence electrons. The second-order valence-electron chi connectivity index (χ2n) is 5.93. The molecule has 2 rings (SSSR count). The van der Waals surface area contributed by atoms with E-state index in [4.69, 9.17) is 16.3 Å². The zero-order valence-corrected chi connectivity index (χ0v) is 18.3. The Hall–Kier alpha value is -1.04. The Morgan fingerprint density at radius 3 is 2.60 bits per heavy atom. The summed E-state index contributed by atoms with van der Waals surface area (Å²) in [6.07, 6.45) is 1.02. The molecule has 0 atom stereocenters. The van der Waals surface area contributed by atoms with E-state index in [9.17, 15) is 4.79 Å². The highest BCUT2D eigenvalue weighted by molar-refractivity contribution is 9.11. The van der Waals surface area contributed by atoms with E-state index in [0.717, 1.165) is 42.1 Å². The molecular formula is C19H20Br2ClNO2. The van der Waals surface area contributed by atoms with Crippen molar-refractivity contribution in [3.63, 3.8) is 0 Å². The predicted octanol–water partition coefficient (Wildman–Crippen LogP) is 6.59. The van der Waals surface area contributed by atoms with E-state index in [1.807, 2.05) is 45.0 Å². The van der Waals surface area contributed by atoms with E-state index in [1.54, 1.807) is 0 Å².